The van der Waals surface area contributed by atoms with Crippen molar-refractivity contribution in [3.63, 3.8) is 0 Å². The van der Waals surface area contributed by atoms with Crippen LogP contribution in [0, 0.1) is 0 Å². The van der Waals surface area contributed by atoms with E-state index in [2.05, 4.69) is 0 Å². The van der Waals surface area contributed by atoms with Gasteiger partial charge in [-0.1, -0.05) is 11.6 Å². The van der Waals surface area contributed by atoms with Gasteiger partial charge < -0.3 is 4.89 Å². The first-order valence-electron chi connectivity index (χ1n) is 4.18. The molecule has 6 heteroatoms. The summed E-state index contributed by atoms with van der Waals surface area (Å²) in [5.74, 6) is 0. The Hall–Kier alpha value is -0.340. The highest BCUT2D eigenvalue weighted by Gasteiger charge is 2.21. The monoisotopic (exact) mass is 266 g/mol. The van der Waals surface area contributed by atoms with Gasteiger partial charge in [0.25, 0.3) is 0 Å². The SMILES string of the molecule is O=C(Cl)CCP(=O)(O)c1ccc(Cl)cc1. The molecule has 0 aliphatic heterocycles. The molecule has 1 N–H and O–H groups in total. The summed E-state index contributed by atoms with van der Waals surface area (Å²) < 4.78 is 11.7. The van der Waals surface area contributed by atoms with Crippen LogP contribution in [0.5, 0.6) is 0 Å². The zero-order valence-electron chi connectivity index (χ0n) is 7.69. The molecule has 0 aromatic heterocycles. The molecule has 0 aliphatic carbocycles. The second-order valence-electron chi connectivity index (χ2n) is 3.01. The zero-order valence-corrected chi connectivity index (χ0v) is 10.1. The van der Waals surface area contributed by atoms with E-state index >= 15 is 0 Å². The molecule has 15 heavy (non-hydrogen) atoms. The third-order valence-corrected chi connectivity index (χ3v) is 4.22. The van der Waals surface area contributed by atoms with Crippen LogP contribution in [0.4, 0.5) is 0 Å². The lowest BCUT2D eigenvalue weighted by Gasteiger charge is -2.10. The molecule has 1 aromatic rings. The van der Waals surface area contributed by atoms with Crippen LogP contribution in [0.2, 0.25) is 5.02 Å². The number of hydrogen-bond donors (Lipinski definition) is 1. The molecule has 0 fully saturated rings. The van der Waals surface area contributed by atoms with Crippen LogP contribution in [0.1, 0.15) is 6.42 Å². The lowest BCUT2D eigenvalue weighted by molar-refractivity contribution is -0.111. The van der Waals surface area contributed by atoms with E-state index in [-0.39, 0.29) is 17.9 Å². The van der Waals surface area contributed by atoms with Gasteiger partial charge in [0.15, 0.2) is 0 Å². The van der Waals surface area contributed by atoms with Gasteiger partial charge in [-0.25, -0.2) is 0 Å². The van der Waals surface area contributed by atoms with Crippen molar-refractivity contribution in [2.45, 2.75) is 6.42 Å². The molecule has 0 bridgehead atoms. The highest BCUT2D eigenvalue weighted by molar-refractivity contribution is 7.66. The first-order chi connectivity index (χ1) is 6.92. The average molecular weight is 267 g/mol. The fourth-order valence-corrected chi connectivity index (χ4v) is 2.77. The molecule has 1 rings (SSSR count). The van der Waals surface area contributed by atoms with Crippen molar-refractivity contribution in [3.05, 3.63) is 29.3 Å². The Kier molecular flexibility index (Phi) is 4.35. The molecule has 0 aliphatic rings. The van der Waals surface area contributed by atoms with E-state index in [0.29, 0.717) is 5.02 Å². The van der Waals surface area contributed by atoms with Gasteiger partial charge in [0.1, 0.15) is 0 Å². The van der Waals surface area contributed by atoms with Crippen molar-refractivity contribution in [3.8, 4) is 0 Å². The lowest BCUT2D eigenvalue weighted by atomic mass is 10.4. The van der Waals surface area contributed by atoms with Crippen molar-refractivity contribution in [1.29, 1.82) is 0 Å². The minimum Gasteiger partial charge on any atom is -0.341 e. The summed E-state index contributed by atoms with van der Waals surface area (Å²) in [6, 6.07) is 6.01. The molecule has 0 heterocycles. The molecule has 82 valence electrons. The number of halogens is 2. The fourth-order valence-electron chi connectivity index (χ4n) is 1.04. The summed E-state index contributed by atoms with van der Waals surface area (Å²) in [6.45, 7) is 0. The van der Waals surface area contributed by atoms with Crippen LogP contribution in [-0.4, -0.2) is 16.3 Å². The van der Waals surface area contributed by atoms with Crippen LogP contribution in [0.25, 0.3) is 0 Å². The topological polar surface area (TPSA) is 54.4 Å². The standard InChI is InChI=1S/C9H9Cl2O3P/c10-7-1-3-8(4-2-7)15(13,14)6-5-9(11)12/h1-4H,5-6H2,(H,13,14). The third-order valence-electron chi connectivity index (χ3n) is 1.84. The summed E-state index contributed by atoms with van der Waals surface area (Å²) in [5, 5.41) is 0.162. The molecule has 0 spiro atoms. The first-order valence-corrected chi connectivity index (χ1v) is 6.78. The highest BCUT2D eigenvalue weighted by Crippen LogP contribution is 2.40. The predicted octanol–water partition coefficient (Wildman–Crippen LogP) is 2.39. The van der Waals surface area contributed by atoms with Gasteiger partial charge in [0.2, 0.25) is 12.6 Å². The minimum absolute atomic E-state index is 0.113. The number of rotatable bonds is 4. The Bertz CT molecular complexity index is 402. The van der Waals surface area contributed by atoms with Crippen molar-refractivity contribution in [2.24, 2.45) is 0 Å². The third kappa shape index (κ3) is 3.96. The van der Waals surface area contributed by atoms with Crippen molar-refractivity contribution in [2.75, 3.05) is 6.16 Å². The number of carbonyl (C=O) groups excluding carboxylic acids is 1. The Morgan fingerprint density at radius 1 is 1.33 bits per heavy atom. The second-order valence-corrected chi connectivity index (χ2v) is 6.23. The molecule has 0 radical (unpaired) electrons. The maximum atomic E-state index is 11.7. The quantitative estimate of drug-likeness (QED) is 0.673. The molecular weight excluding hydrogens is 258 g/mol. The van der Waals surface area contributed by atoms with E-state index in [9.17, 15) is 14.3 Å². The van der Waals surface area contributed by atoms with E-state index in [4.69, 9.17) is 23.2 Å². The van der Waals surface area contributed by atoms with Crippen molar-refractivity contribution < 1.29 is 14.3 Å². The van der Waals surface area contributed by atoms with E-state index in [1.54, 1.807) is 0 Å². The Balaban J connectivity index is 2.81. The molecule has 0 saturated carbocycles. The smallest absolute Gasteiger partial charge is 0.230 e. The zero-order chi connectivity index (χ0) is 11.5. The Morgan fingerprint density at radius 2 is 1.87 bits per heavy atom. The minimum atomic E-state index is -3.48. The maximum absolute atomic E-state index is 11.7. The summed E-state index contributed by atoms with van der Waals surface area (Å²) in [4.78, 5) is 20.1. The van der Waals surface area contributed by atoms with E-state index in [0.717, 1.165) is 0 Å². The Morgan fingerprint density at radius 3 is 2.33 bits per heavy atom. The molecule has 1 unspecified atom stereocenters. The highest BCUT2D eigenvalue weighted by atomic mass is 35.5. The molecule has 1 aromatic carbocycles. The number of hydrogen-bond acceptors (Lipinski definition) is 2. The van der Waals surface area contributed by atoms with E-state index in [1.165, 1.54) is 24.3 Å². The van der Waals surface area contributed by atoms with Gasteiger partial charge in [-0.3, -0.25) is 9.36 Å². The van der Waals surface area contributed by atoms with Crippen LogP contribution >= 0.6 is 30.6 Å². The van der Waals surface area contributed by atoms with E-state index < -0.39 is 12.6 Å². The van der Waals surface area contributed by atoms with Gasteiger partial charge in [-0.05, 0) is 35.9 Å². The maximum Gasteiger partial charge on any atom is 0.230 e. The second kappa shape index (κ2) is 5.13. The molecule has 1 atom stereocenters. The van der Waals surface area contributed by atoms with Gasteiger partial charge in [0, 0.05) is 22.9 Å². The van der Waals surface area contributed by atoms with Gasteiger partial charge in [0.05, 0.1) is 0 Å². The lowest BCUT2D eigenvalue weighted by Crippen LogP contribution is -2.08. The van der Waals surface area contributed by atoms with Crippen LogP contribution < -0.4 is 5.30 Å². The number of benzene rings is 1. The molecule has 0 saturated heterocycles. The van der Waals surface area contributed by atoms with Gasteiger partial charge in [-0.15, -0.1) is 0 Å². The van der Waals surface area contributed by atoms with Crippen LogP contribution in [0.15, 0.2) is 24.3 Å². The average Bonchev–Trinajstić information content (AvgIpc) is 2.16. The molecule has 0 amide bonds. The summed E-state index contributed by atoms with van der Waals surface area (Å²) in [6.07, 6.45) is -0.255. The van der Waals surface area contributed by atoms with Crippen molar-refractivity contribution >= 4 is 41.1 Å². The van der Waals surface area contributed by atoms with Gasteiger partial charge >= 0.3 is 0 Å². The molecular formula is C9H9Cl2O3P. The van der Waals surface area contributed by atoms with Gasteiger partial charge in [-0.2, -0.15) is 0 Å². The Labute approximate surface area is 97.5 Å². The molecule has 3 nitrogen and oxygen atoms in total. The van der Waals surface area contributed by atoms with Crippen LogP contribution in [-0.2, 0) is 9.36 Å². The van der Waals surface area contributed by atoms with E-state index in [1.807, 2.05) is 0 Å². The predicted molar refractivity (Wildman–Crippen MR) is 61.3 cm³/mol. The number of carbonyl (C=O) groups is 1. The summed E-state index contributed by atoms with van der Waals surface area (Å²) >= 11 is 10.7. The first kappa shape index (κ1) is 12.7. The fraction of sp³-hybridized carbons (Fsp3) is 0.222. The largest absolute Gasteiger partial charge is 0.341 e. The summed E-state index contributed by atoms with van der Waals surface area (Å²) in [5.41, 5.74) is 0. The van der Waals surface area contributed by atoms with Crippen molar-refractivity contribution in [1.82, 2.24) is 0 Å². The summed E-state index contributed by atoms with van der Waals surface area (Å²) in [7, 11) is -3.48. The van der Waals surface area contributed by atoms with Crippen LogP contribution in [0.3, 0.4) is 0 Å². The normalized spacial score (nSPS) is 14.6.